The molecule has 0 aliphatic carbocycles. The van der Waals surface area contributed by atoms with Crippen LogP contribution < -0.4 is 5.32 Å². The van der Waals surface area contributed by atoms with Gasteiger partial charge in [0, 0.05) is 18.7 Å². The SMILES string of the molecule is CC(C)NCCC(C)OCCC1CCCN1C. The fraction of sp³-hybridized carbons (Fsp3) is 1.00. The molecule has 1 fully saturated rings. The molecule has 1 aliphatic heterocycles. The molecule has 1 rings (SSSR count). The summed E-state index contributed by atoms with van der Waals surface area (Å²) in [6.45, 7) is 9.78. The van der Waals surface area contributed by atoms with Crippen molar-refractivity contribution in [2.24, 2.45) is 0 Å². The van der Waals surface area contributed by atoms with Crippen molar-refractivity contribution in [3.8, 4) is 0 Å². The first-order valence-electron chi connectivity index (χ1n) is 7.15. The van der Waals surface area contributed by atoms with Crippen molar-refractivity contribution in [3.63, 3.8) is 0 Å². The Bertz CT molecular complexity index is 197. The average Bonchev–Trinajstić information content (AvgIpc) is 2.64. The van der Waals surface area contributed by atoms with Gasteiger partial charge >= 0.3 is 0 Å². The lowest BCUT2D eigenvalue weighted by molar-refractivity contribution is 0.0485. The molecule has 1 heterocycles. The van der Waals surface area contributed by atoms with E-state index in [1.165, 1.54) is 25.8 Å². The van der Waals surface area contributed by atoms with Gasteiger partial charge in [0.25, 0.3) is 0 Å². The third-order valence-corrected chi connectivity index (χ3v) is 3.63. The molecule has 1 N–H and O–H groups in total. The average molecular weight is 242 g/mol. The molecular weight excluding hydrogens is 212 g/mol. The molecule has 102 valence electrons. The van der Waals surface area contributed by atoms with Crippen LogP contribution in [0.3, 0.4) is 0 Å². The summed E-state index contributed by atoms with van der Waals surface area (Å²) in [5.74, 6) is 0. The number of rotatable bonds is 8. The van der Waals surface area contributed by atoms with Gasteiger partial charge in [0.1, 0.15) is 0 Å². The van der Waals surface area contributed by atoms with Gasteiger partial charge in [-0.25, -0.2) is 0 Å². The molecular formula is C14H30N2O. The minimum atomic E-state index is 0.382. The first-order chi connectivity index (χ1) is 8.09. The maximum atomic E-state index is 5.87. The highest BCUT2D eigenvalue weighted by molar-refractivity contribution is 4.75. The van der Waals surface area contributed by atoms with Crippen molar-refractivity contribution < 1.29 is 4.74 Å². The Morgan fingerprint density at radius 3 is 2.71 bits per heavy atom. The quantitative estimate of drug-likeness (QED) is 0.706. The van der Waals surface area contributed by atoms with Crippen molar-refractivity contribution in [2.45, 2.75) is 64.6 Å². The summed E-state index contributed by atoms with van der Waals surface area (Å²) in [6, 6.07) is 1.34. The van der Waals surface area contributed by atoms with Crippen molar-refractivity contribution in [3.05, 3.63) is 0 Å². The fourth-order valence-electron chi connectivity index (χ4n) is 2.41. The van der Waals surface area contributed by atoms with Crippen molar-refractivity contribution in [2.75, 3.05) is 26.7 Å². The number of nitrogens with one attached hydrogen (secondary N) is 1. The predicted molar refractivity (Wildman–Crippen MR) is 73.4 cm³/mol. The monoisotopic (exact) mass is 242 g/mol. The maximum Gasteiger partial charge on any atom is 0.0559 e. The minimum Gasteiger partial charge on any atom is -0.378 e. The third-order valence-electron chi connectivity index (χ3n) is 3.63. The van der Waals surface area contributed by atoms with Crippen LogP contribution in [0, 0.1) is 0 Å². The fourth-order valence-corrected chi connectivity index (χ4v) is 2.41. The van der Waals surface area contributed by atoms with Gasteiger partial charge < -0.3 is 15.0 Å². The van der Waals surface area contributed by atoms with Gasteiger partial charge in [-0.05, 0) is 52.7 Å². The minimum absolute atomic E-state index is 0.382. The molecule has 3 nitrogen and oxygen atoms in total. The lowest BCUT2D eigenvalue weighted by Gasteiger charge is -2.20. The van der Waals surface area contributed by atoms with Gasteiger partial charge in [0.2, 0.25) is 0 Å². The number of hydrogen-bond acceptors (Lipinski definition) is 3. The predicted octanol–water partition coefficient (Wildman–Crippen LogP) is 2.26. The molecule has 17 heavy (non-hydrogen) atoms. The van der Waals surface area contributed by atoms with E-state index in [1.54, 1.807) is 0 Å². The molecule has 1 saturated heterocycles. The second-order valence-corrected chi connectivity index (χ2v) is 5.64. The zero-order chi connectivity index (χ0) is 12.7. The van der Waals surface area contributed by atoms with Crippen LogP contribution in [-0.4, -0.2) is 49.8 Å². The highest BCUT2D eigenvalue weighted by Crippen LogP contribution is 2.17. The van der Waals surface area contributed by atoms with Gasteiger partial charge in [-0.3, -0.25) is 0 Å². The van der Waals surface area contributed by atoms with E-state index in [1.807, 2.05) is 0 Å². The van der Waals surface area contributed by atoms with E-state index in [4.69, 9.17) is 4.74 Å². The zero-order valence-electron chi connectivity index (χ0n) is 12.0. The normalized spacial score (nSPS) is 23.5. The number of ether oxygens (including phenoxy) is 1. The zero-order valence-corrected chi connectivity index (χ0v) is 12.0. The molecule has 0 radical (unpaired) electrons. The second-order valence-electron chi connectivity index (χ2n) is 5.64. The van der Waals surface area contributed by atoms with Crippen LogP contribution in [-0.2, 0) is 4.74 Å². The molecule has 0 saturated carbocycles. The van der Waals surface area contributed by atoms with Crippen LogP contribution >= 0.6 is 0 Å². The van der Waals surface area contributed by atoms with E-state index >= 15 is 0 Å². The molecule has 2 atom stereocenters. The summed E-state index contributed by atoms with van der Waals surface area (Å²) in [6.07, 6.45) is 5.39. The van der Waals surface area contributed by atoms with E-state index in [9.17, 15) is 0 Å². The molecule has 3 heteroatoms. The Morgan fingerprint density at radius 1 is 1.35 bits per heavy atom. The van der Waals surface area contributed by atoms with Crippen LogP contribution in [0.25, 0.3) is 0 Å². The van der Waals surface area contributed by atoms with E-state index in [2.05, 4.69) is 38.0 Å². The smallest absolute Gasteiger partial charge is 0.0559 e. The van der Waals surface area contributed by atoms with E-state index < -0.39 is 0 Å². The molecule has 0 spiro atoms. The first-order valence-corrected chi connectivity index (χ1v) is 7.15. The second kappa shape index (κ2) is 8.06. The Kier molecular flexibility index (Phi) is 7.09. The van der Waals surface area contributed by atoms with Gasteiger partial charge in [0.15, 0.2) is 0 Å². The van der Waals surface area contributed by atoms with Gasteiger partial charge in [-0.15, -0.1) is 0 Å². The Labute approximate surface area is 107 Å². The summed E-state index contributed by atoms with van der Waals surface area (Å²) >= 11 is 0. The summed E-state index contributed by atoms with van der Waals surface area (Å²) in [5.41, 5.74) is 0. The molecule has 0 aromatic rings. The number of likely N-dealkylation sites (tertiary alicyclic amines) is 1. The summed E-state index contributed by atoms with van der Waals surface area (Å²) in [4.78, 5) is 2.47. The molecule has 0 amide bonds. The number of hydrogen-bond donors (Lipinski definition) is 1. The Morgan fingerprint density at radius 2 is 2.12 bits per heavy atom. The standard InChI is InChI=1S/C14H30N2O/c1-12(2)15-9-7-13(3)17-11-8-14-6-5-10-16(14)4/h12-15H,5-11H2,1-4H3. The summed E-state index contributed by atoms with van der Waals surface area (Å²) in [7, 11) is 2.23. The summed E-state index contributed by atoms with van der Waals surface area (Å²) < 4.78 is 5.87. The topological polar surface area (TPSA) is 24.5 Å². The maximum absolute atomic E-state index is 5.87. The van der Waals surface area contributed by atoms with Crippen LogP contribution in [0.4, 0.5) is 0 Å². The Balaban J connectivity index is 1.98. The van der Waals surface area contributed by atoms with Crippen LogP contribution in [0.5, 0.6) is 0 Å². The van der Waals surface area contributed by atoms with Crippen molar-refractivity contribution in [1.82, 2.24) is 10.2 Å². The van der Waals surface area contributed by atoms with E-state index in [0.717, 1.165) is 25.6 Å². The van der Waals surface area contributed by atoms with Crippen LogP contribution in [0.15, 0.2) is 0 Å². The van der Waals surface area contributed by atoms with Crippen LogP contribution in [0.2, 0.25) is 0 Å². The van der Waals surface area contributed by atoms with Gasteiger partial charge in [0.05, 0.1) is 6.10 Å². The van der Waals surface area contributed by atoms with Crippen LogP contribution in [0.1, 0.15) is 46.5 Å². The highest BCUT2D eigenvalue weighted by Gasteiger charge is 2.20. The van der Waals surface area contributed by atoms with E-state index in [-0.39, 0.29) is 0 Å². The third kappa shape index (κ3) is 6.39. The van der Waals surface area contributed by atoms with Gasteiger partial charge in [-0.1, -0.05) is 13.8 Å². The lowest BCUT2D eigenvalue weighted by Crippen LogP contribution is -2.28. The van der Waals surface area contributed by atoms with Crippen molar-refractivity contribution >= 4 is 0 Å². The first kappa shape index (κ1) is 14.9. The summed E-state index contributed by atoms with van der Waals surface area (Å²) in [5, 5.41) is 3.43. The Hall–Kier alpha value is -0.120. The highest BCUT2D eigenvalue weighted by atomic mass is 16.5. The van der Waals surface area contributed by atoms with Gasteiger partial charge in [-0.2, -0.15) is 0 Å². The lowest BCUT2D eigenvalue weighted by atomic mass is 10.1. The number of nitrogens with zero attached hydrogens (tertiary/aromatic N) is 1. The molecule has 0 bridgehead atoms. The van der Waals surface area contributed by atoms with E-state index in [0.29, 0.717) is 12.1 Å². The van der Waals surface area contributed by atoms with Crippen molar-refractivity contribution in [1.29, 1.82) is 0 Å². The molecule has 0 aromatic heterocycles. The molecule has 1 aliphatic rings. The molecule has 2 unspecified atom stereocenters. The molecule has 0 aromatic carbocycles. The largest absolute Gasteiger partial charge is 0.378 e.